The number of hydrogen-bond acceptors (Lipinski definition) is 4. The Kier molecular flexibility index (Phi) is 4.14. The Hall–Kier alpha value is -2.15. The zero-order valence-corrected chi connectivity index (χ0v) is 16.6. The van der Waals surface area contributed by atoms with Gasteiger partial charge in [-0.1, -0.05) is 15.9 Å². The van der Waals surface area contributed by atoms with Crippen LogP contribution in [0.3, 0.4) is 0 Å². The maximum absolute atomic E-state index is 12.3. The van der Waals surface area contributed by atoms with Crippen molar-refractivity contribution in [3.05, 3.63) is 34.7 Å². The number of rotatable bonds is 1. The van der Waals surface area contributed by atoms with E-state index in [1.807, 2.05) is 39.0 Å². The molecule has 0 bridgehead atoms. The van der Waals surface area contributed by atoms with Crippen LogP contribution >= 0.6 is 15.9 Å². The third kappa shape index (κ3) is 3.28. The molecular formula is C19H21BrN4O2. The summed E-state index contributed by atoms with van der Waals surface area (Å²) >= 11 is 3.48. The molecule has 7 heteroatoms. The lowest BCUT2D eigenvalue weighted by molar-refractivity contribution is 0.0292. The van der Waals surface area contributed by atoms with E-state index in [4.69, 9.17) is 9.72 Å². The van der Waals surface area contributed by atoms with Gasteiger partial charge in [-0.2, -0.15) is 0 Å². The van der Waals surface area contributed by atoms with Gasteiger partial charge in [0.15, 0.2) is 0 Å². The van der Waals surface area contributed by atoms with E-state index in [2.05, 4.69) is 25.9 Å². The van der Waals surface area contributed by atoms with Crippen LogP contribution in [0.2, 0.25) is 0 Å². The van der Waals surface area contributed by atoms with E-state index in [0.29, 0.717) is 13.1 Å². The molecule has 0 unspecified atom stereocenters. The molecule has 2 aromatic heterocycles. The molecular weight excluding hydrogens is 396 g/mol. The number of hydrogen-bond donors (Lipinski definition) is 1. The Balaban J connectivity index is 1.60. The fourth-order valence-electron chi connectivity index (χ4n) is 3.33. The molecule has 1 atom stereocenters. The van der Waals surface area contributed by atoms with Crippen molar-refractivity contribution in [2.24, 2.45) is 0 Å². The summed E-state index contributed by atoms with van der Waals surface area (Å²) in [7, 11) is 0. The van der Waals surface area contributed by atoms with Crippen LogP contribution in [0.1, 0.15) is 38.9 Å². The molecule has 1 aliphatic heterocycles. The van der Waals surface area contributed by atoms with Gasteiger partial charge in [0, 0.05) is 28.9 Å². The van der Waals surface area contributed by atoms with Gasteiger partial charge in [-0.25, -0.2) is 9.78 Å². The van der Waals surface area contributed by atoms with Crippen molar-refractivity contribution in [2.75, 3.05) is 13.1 Å². The number of imidazole rings is 1. The van der Waals surface area contributed by atoms with Gasteiger partial charge < -0.3 is 14.6 Å². The minimum absolute atomic E-state index is 0.181. The highest BCUT2D eigenvalue weighted by Gasteiger charge is 2.32. The molecule has 26 heavy (non-hydrogen) atoms. The van der Waals surface area contributed by atoms with Crippen LogP contribution in [0.4, 0.5) is 4.79 Å². The summed E-state index contributed by atoms with van der Waals surface area (Å²) in [5.41, 5.74) is 2.29. The third-order valence-electron chi connectivity index (χ3n) is 4.53. The van der Waals surface area contributed by atoms with Crippen molar-refractivity contribution in [3.8, 4) is 0 Å². The molecule has 0 saturated carbocycles. The van der Waals surface area contributed by atoms with Crippen molar-refractivity contribution in [1.82, 2.24) is 19.9 Å². The Bertz CT molecular complexity index is 992. The highest BCUT2D eigenvalue weighted by atomic mass is 79.9. The molecule has 3 aromatic rings. The molecule has 136 valence electrons. The first kappa shape index (κ1) is 17.3. The number of likely N-dealkylation sites (tertiary alicyclic amines) is 1. The normalized spacial score (nSPS) is 18.0. The number of benzene rings is 1. The van der Waals surface area contributed by atoms with Crippen LogP contribution in [0, 0.1) is 0 Å². The lowest BCUT2D eigenvalue weighted by Gasteiger charge is -2.24. The highest BCUT2D eigenvalue weighted by molar-refractivity contribution is 9.10. The van der Waals surface area contributed by atoms with Crippen LogP contribution < -0.4 is 0 Å². The largest absolute Gasteiger partial charge is 0.444 e. The van der Waals surface area contributed by atoms with E-state index in [-0.39, 0.29) is 12.0 Å². The predicted molar refractivity (Wildman–Crippen MR) is 104 cm³/mol. The van der Waals surface area contributed by atoms with E-state index in [9.17, 15) is 4.79 Å². The summed E-state index contributed by atoms with van der Waals surface area (Å²) < 4.78 is 6.48. The molecule has 6 nitrogen and oxygen atoms in total. The fraction of sp³-hybridized carbons (Fsp3) is 0.421. The first-order chi connectivity index (χ1) is 12.3. The monoisotopic (exact) mass is 416 g/mol. The van der Waals surface area contributed by atoms with Crippen molar-refractivity contribution < 1.29 is 9.53 Å². The number of aromatic amines is 1. The number of H-pyrrole nitrogens is 1. The van der Waals surface area contributed by atoms with Crippen molar-refractivity contribution >= 4 is 44.0 Å². The van der Waals surface area contributed by atoms with Crippen LogP contribution in [-0.4, -0.2) is 44.6 Å². The van der Waals surface area contributed by atoms with Crippen molar-refractivity contribution in [2.45, 2.75) is 38.7 Å². The van der Waals surface area contributed by atoms with Gasteiger partial charge in [0.1, 0.15) is 16.9 Å². The van der Waals surface area contributed by atoms with E-state index < -0.39 is 5.60 Å². The SMILES string of the molecule is CC(C)(C)OC(=O)N1CC[C@H](c2nc3cnc4cc(Br)ccc4c3[nH]2)C1. The molecule has 1 aromatic carbocycles. The van der Waals surface area contributed by atoms with Crippen LogP contribution in [-0.2, 0) is 4.74 Å². The van der Waals surface area contributed by atoms with E-state index in [1.165, 1.54) is 0 Å². The zero-order chi connectivity index (χ0) is 18.5. The van der Waals surface area contributed by atoms with Gasteiger partial charge in [-0.3, -0.25) is 4.98 Å². The van der Waals surface area contributed by atoms with Gasteiger partial charge in [0.05, 0.1) is 17.2 Å². The Morgan fingerprint density at radius 3 is 2.92 bits per heavy atom. The topological polar surface area (TPSA) is 71.1 Å². The molecule has 4 rings (SSSR count). The minimum atomic E-state index is -0.479. The smallest absolute Gasteiger partial charge is 0.410 e. The summed E-state index contributed by atoms with van der Waals surface area (Å²) in [6.07, 6.45) is 2.41. The summed E-state index contributed by atoms with van der Waals surface area (Å²) in [4.78, 5) is 26.7. The van der Waals surface area contributed by atoms with Gasteiger partial charge in [-0.05, 0) is 45.4 Å². The number of aromatic nitrogens is 3. The number of ether oxygens (including phenoxy) is 1. The predicted octanol–water partition coefficient (Wildman–Crippen LogP) is 4.60. The zero-order valence-electron chi connectivity index (χ0n) is 15.0. The molecule has 0 spiro atoms. The number of fused-ring (bicyclic) bond motifs is 3. The van der Waals surface area contributed by atoms with Gasteiger partial charge in [0.2, 0.25) is 0 Å². The van der Waals surface area contributed by atoms with Crippen LogP contribution in [0.25, 0.3) is 21.9 Å². The van der Waals surface area contributed by atoms with Crippen molar-refractivity contribution in [1.29, 1.82) is 0 Å². The second kappa shape index (κ2) is 6.23. The Labute approximate surface area is 160 Å². The van der Waals surface area contributed by atoms with Gasteiger partial charge in [0.25, 0.3) is 0 Å². The number of pyridine rings is 1. The summed E-state index contributed by atoms with van der Waals surface area (Å²) in [5, 5.41) is 1.05. The molecule has 3 heterocycles. The molecule has 1 fully saturated rings. The van der Waals surface area contributed by atoms with E-state index in [0.717, 1.165) is 38.7 Å². The maximum atomic E-state index is 12.3. The minimum Gasteiger partial charge on any atom is -0.444 e. The average molecular weight is 417 g/mol. The maximum Gasteiger partial charge on any atom is 0.410 e. The Morgan fingerprint density at radius 2 is 2.15 bits per heavy atom. The molecule has 1 saturated heterocycles. The average Bonchev–Trinajstić information content (AvgIpc) is 3.19. The fourth-order valence-corrected chi connectivity index (χ4v) is 3.68. The van der Waals surface area contributed by atoms with E-state index in [1.54, 1.807) is 11.1 Å². The van der Waals surface area contributed by atoms with Crippen LogP contribution in [0.5, 0.6) is 0 Å². The number of nitrogens with one attached hydrogen (secondary N) is 1. The number of nitrogens with zero attached hydrogens (tertiary/aromatic N) is 3. The number of carbonyl (C=O) groups excluding carboxylic acids is 1. The van der Waals surface area contributed by atoms with E-state index >= 15 is 0 Å². The Morgan fingerprint density at radius 1 is 1.35 bits per heavy atom. The quantitative estimate of drug-likeness (QED) is 0.628. The molecule has 1 aliphatic rings. The number of halogens is 1. The molecule has 1 amide bonds. The summed E-state index contributed by atoms with van der Waals surface area (Å²) in [5.74, 6) is 1.09. The molecule has 0 aliphatic carbocycles. The molecule has 1 N–H and O–H groups in total. The lowest BCUT2D eigenvalue weighted by atomic mass is 10.1. The first-order valence-corrected chi connectivity index (χ1v) is 9.51. The molecule has 0 radical (unpaired) electrons. The van der Waals surface area contributed by atoms with Gasteiger partial charge in [-0.15, -0.1) is 0 Å². The third-order valence-corrected chi connectivity index (χ3v) is 5.03. The number of amides is 1. The second-order valence-corrected chi connectivity index (χ2v) is 8.63. The highest BCUT2D eigenvalue weighted by Crippen LogP contribution is 2.30. The number of carbonyl (C=O) groups is 1. The standard InChI is InChI=1S/C19H21BrN4O2/c1-19(2,3)26-18(25)24-7-6-11(10-24)17-22-15-9-21-14-8-12(20)4-5-13(14)16(15)23-17/h4-5,8-9,11H,6-7,10H2,1-3H3,(H,22,23)/t11-/m0/s1. The summed E-state index contributed by atoms with van der Waals surface area (Å²) in [6, 6.07) is 6.04. The van der Waals surface area contributed by atoms with Crippen LogP contribution in [0.15, 0.2) is 28.9 Å². The second-order valence-electron chi connectivity index (χ2n) is 7.71. The lowest BCUT2D eigenvalue weighted by Crippen LogP contribution is -2.35. The first-order valence-electron chi connectivity index (χ1n) is 8.72. The summed E-state index contributed by atoms with van der Waals surface area (Å²) in [6.45, 7) is 6.95. The van der Waals surface area contributed by atoms with Gasteiger partial charge >= 0.3 is 6.09 Å². The van der Waals surface area contributed by atoms with Crippen molar-refractivity contribution in [3.63, 3.8) is 0 Å².